The number of rotatable bonds is 0. The van der Waals surface area contributed by atoms with Crippen LogP contribution in [0.3, 0.4) is 0 Å². The van der Waals surface area contributed by atoms with Crippen molar-refractivity contribution >= 4 is 37.7 Å². The van der Waals surface area contributed by atoms with Crippen LogP contribution in [0, 0.1) is 0 Å². The second-order valence-corrected chi connectivity index (χ2v) is 7.92. The monoisotopic (exact) mass is 802 g/mol. The van der Waals surface area contributed by atoms with Crippen molar-refractivity contribution < 1.29 is 134 Å². The van der Waals surface area contributed by atoms with Gasteiger partial charge in [0.2, 0.25) is 0 Å². The van der Waals surface area contributed by atoms with Gasteiger partial charge >= 0.3 is 75.5 Å². The number of halogens is 4. The Hall–Kier alpha value is 4.13. The van der Waals surface area contributed by atoms with E-state index < -0.39 is 0 Å². The molecule has 13 heteroatoms. The summed E-state index contributed by atoms with van der Waals surface area (Å²) in [5, 5.41) is 0. The van der Waals surface area contributed by atoms with Crippen LogP contribution in [0.1, 0.15) is 77.0 Å². The van der Waals surface area contributed by atoms with Gasteiger partial charge in [0.1, 0.15) is 0 Å². The van der Waals surface area contributed by atoms with Crippen LogP contribution in [0.15, 0.2) is 0 Å². The minimum Gasteiger partial charge on any atom is -1.00 e. The molecule has 0 radical (unpaired) electrons. The minimum atomic E-state index is 0. The first-order valence-corrected chi connectivity index (χ1v) is 12.5. The molecule has 6 fully saturated rings. The van der Waals surface area contributed by atoms with Crippen molar-refractivity contribution in [3.8, 4) is 0 Å². The number of hydrogen-bond acceptors (Lipinski definition) is 6. The molecule has 6 nitrogen and oxygen atoms in total. The van der Waals surface area contributed by atoms with E-state index in [1.807, 2.05) is 0 Å². The van der Waals surface area contributed by atoms with E-state index in [2.05, 4.69) is 0 Å². The maximum absolute atomic E-state index is 4.94. The summed E-state index contributed by atoms with van der Waals surface area (Å²) in [6.07, 6.45) is 15.3. The molecular formula is C24H48Br4CaLi2O6. The maximum atomic E-state index is 4.94. The Bertz CT molecular complexity index is 204. The first-order chi connectivity index (χ1) is 15.0. The fourth-order valence-electron chi connectivity index (χ4n) is 3.06. The van der Waals surface area contributed by atoms with E-state index in [0.29, 0.717) is 0 Å². The second kappa shape index (κ2) is 52.8. The Balaban J connectivity index is -0.0000000562. The third-order valence-electron chi connectivity index (χ3n) is 4.96. The smallest absolute Gasteiger partial charge is 1.00 e. The average molecular weight is 806 g/mol. The van der Waals surface area contributed by atoms with Crippen LogP contribution in [0.25, 0.3) is 0 Å². The van der Waals surface area contributed by atoms with E-state index >= 15 is 0 Å². The van der Waals surface area contributed by atoms with Crippen LogP contribution in [0.5, 0.6) is 0 Å². The normalized spacial score (nSPS) is 19.5. The Morgan fingerprint density at radius 1 is 0.216 bits per heavy atom. The molecule has 0 unspecified atom stereocenters. The summed E-state index contributed by atoms with van der Waals surface area (Å²) >= 11 is 0. The SMILES string of the molecule is C1CCOC1.C1CCOC1.C1CCOC1.C1CCOC1.C1CCOC1.C1CCOC1.[Br-].[Br-].[Br-].[Br-].[Ca+2].[Li+].[Li+]. The van der Waals surface area contributed by atoms with Gasteiger partial charge in [-0.1, -0.05) is 0 Å². The van der Waals surface area contributed by atoms with Gasteiger partial charge in [-0.3, -0.25) is 0 Å². The van der Waals surface area contributed by atoms with E-state index in [0.717, 1.165) is 79.3 Å². The first kappa shape index (κ1) is 56.9. The second-order valence-electron chi connectivity index (χ2n) is 7.92. The maximum Gasteiger partial charge on any atom is 2.00 e. The predicted octanol–water partition coefficient (Wildman–Crippen LogP) is -13.6. The molecule has 0 saturated carbocycles. The summed E-state index contributed by atoms with van der Waals surface area (Å²) in [6.45, 7) is 12.0. The Morgan fingerprint density at radius 3 is 0.324 bits per heavy atom. The topological polar surface area (TPSA) is 55.4 Å². The summed E-state index contributed by atoms with van der Waals surface area (Å²) in [4.78, 5) is 0. The van der Waals surface area contributed by atoms with Gasteiger partial charge in [-0.15, -0.1) is 0 Å². The summed E-state index contributed by atoms with van der Waals surface area (Å²) in [7, 11) is 0. The van der Waals surface area contributed by atoms with Crippen molar-refractivity contribution in [2.24, 2.45) is 0 Å². The van der Waals surface area contributed by atoms with Gasteiger partial charge in [-0.05, 0) is 77.0 Å². The van der Waals surface area contributed by atoms with Crippen LogP contribution < -0.4 is 106 Å². The molecule has 37 heavy (non-hydrogen) atoms. The molecule has 6 aliphatic heterocycles. The minimum absolute atomic E-state index is 0. The number of ether oxygens (including phenoxy) is 6. The van der Waals surface area contributed by atoms with E-state index in [4.69, 9.17) is 28.4 Å². The molecule has 0 bridgehead atoms. The van der Waals surface area contributed by atoms with Crippen molar-refractivity contribution in [1.29, 1.82) is 0 Å². The molecule has 0 aliphatic carbocycles. The van der Waals surface area contributed by atoms with Crippen molar-refractivity contribution in [2.75, 3.05) is 79.3 Å². The fraction of sp³-hybridized carbons (Fsp3) is 1.00. The summed E-state index contributed by atoms with van der Waals surface area (Å²) in [5.41, 5.74) is 0. The van der Waals surface area contributed by atoms with Crippen LogP contribution in [0.4, 0.5) is 0 Å². The Labute approximate surface area is 324 Å². The first-order valence-electron chi connectivity index (χ1n) is 12.5. The molecule has 0 atom stereocenters. The zero-order valence-electron chi connectivity index (χ0n) is 23.6. The van der Waals surface area contributed by atoms with Crippen LogP contribution in [-0.2, 0) is 28.4 Å². The van der Waals surface area contributed by atoms with Crippen molar-refractivity contribution in [2.45, 2.75) is 77.0 Å². The fourth-order valence-corrected chi connectivity index (χ4v) is 3.06. The molecule has 0 aromatic carbocycles. The van der Waals surface area contributed by atoms with Crippen LogP contribution in [0.2, 0.25) is 0 Å². The Kier molecular flexibility index (Phi) is 81.1. The molecule has 6 heterocycles. The van der Waals surface area contributed by atoms with Crippen molar-refractivity contribution in [3.05, 3.63) is 0 Å². The van der Waals surface area contributed by atoms with E-state index in [1.165, 1.54) is 77.0 Å². The molecular weight excluding hydrogens is 758 g/mol. The molecule has 6 rings (SSSR count). The van der Waals surface area contributed by atoms with Gasteiger partial charge in [0.25, 0.3) is 0 Å². The third-order valence-corrected chi connectivity index (χ3v) is 4.96. The van der Waals surface area contributed by atoms with E-state index in [1.54, 1.807) is 0 Å². The van der Waals surface area contributed by atoms with Gasteiger partial charge in [0.05, 0.1) is 0 Å². The van der Waals surface area contributed by atoms with E-state index in [-0.39, 0.29) is 143 Å². The van der Waals surface area contributed by atoms with Gasteiger partial charge in [-0.25, -0.2) is 0 Å². The van der Waals surface area contributed by atoms with Gasteiger partial charge < -0.3 is 96.3 Å². The standard InChI is InChI=1S/6C4H8O.4BrH.Ca.2Li/c6*1-2-4-5-3-1;;;;;;;/h6*1-4H2;4*1H;;;/q;;;;;;;;;;+2;2*+1/p-4. The third kappa shape index (κ3) is 50.1. The van der Waals surface area contributed by atoms with Crippen molar-refractivity contribution in [3.63, 3.8) is 0 Å². The van der Waals surface area contributed by atoms with Crippen LogP contribution in [-0.4, -0.2) is 117 Å². The van der Waals surface area contributed by atoms with E-state index in [9.17, 15) is 0 Å². The van der Waals surface area contributed by atoms with Gasteiger partial charge in [0, 0.05) is 79.3 Å². The molecule has 212 valence electrons. The molecule has 0 amide bonds. The zero-order chi connectivity index (χ0) is 21.2. The molecule has 6 saturated heterocycles. The largest absolute Gasteiger partial charge is 2.00 e. The molecule has 0 N–H and O–H groups in total. The molecule has 6 aliphatic rings. The summed E-state index contributed by atoms with van der Waals surface area (Å²) < 4.78 is 29.7. The molecule has 0 aromatic heterocycles. The molecule has 0 spiro atoms. The quantitative estimate of drug-likeness (QED) is 0.227. The Morgan fingerprint density at radius 2 is 0.297 bits per heavy atom. The van der Waals surface area contributed by atoms with Crippen molar-refractivity contribution in [1.82, 2.24) is 0 Å². The van der Waals surface area contributed by atoms with Crippen LogP contribution >= 0.6 is 0 Å². The summed E-state index contributed by atoms with van der Waals surface area (Å²) in [6, 6.07) is 0. The number of hydrogen-bond donors (Lipinski definition) is 0. The zero-order valence-corrected chi connectivity index (χ0v) is 32.2. The van der Waals surface area contributed by atoms with Gasteiger partial charge in [0.15, 0.2) is 0 Å². The van der Waals surface area contributed by atoms with Gasteiger partial charge in [-0.2, -0.15) is 0 Å². The molecule has 0 aromatic rings. The predicted molar refractivity (Wildman–Crippen MR) is 126 cm³/mol. The average Bonchev–Trinajstić information content (AvgIpc) is 3.69. The summed E-state index contributed by atoms with van der Waals surface area (Å²) in [5.74, 6) is 0.